The van der Waals surface area contributed by atoms with Crippen LogP contribution in [0.5, 0.6) is 5.75 Å². The van der Waals surface area contributed by atoms with E-state index in [1.165, 1.54) is 6.08 Å². The second-order valence-electron chi connectivity index (χ2n) is 5.17. The van der Waals surface area contributed by atoms with E-state index in [2.05, 4.69) is 10.3 Å². The number of hydrogen-bond acceptors (Lipinski definition) is 4. The van der Waals surface area contributed by atoms with E-state index in [-0.39, 0.29) is 5.57 Å². The Morgan fingerprint density at radius 2 is 2.08 bits per heavy atom. The second-order valence-corrected chi connectivity index (χ2v) is 5.17. The first-order chi connectivity index (χ1) is 11.6. The number of carbonyl (C=O) groups is 1. The summed E-state index contributed by atoms with van der Waals surface area (Å²) >= 11 is 0. The van der Waals surface area contributed by atoms with Crippen molar-refractivity contribution in [3.8, 4) is 11.8 Å². The summed E-state index contributed by atoms with van der Waals surface area (Å²) in [6.07, 6.45) is 2.40. The zero-order chi connectivity index (χ0) is 17.4. The number of nitrogens with zero attached hydrogens (tertiary/aromatic N) is 2. The summed E-state index contributed by atoms with van der Waals surface area (Å²) in [5.41, 5.74) is 1.47. The van der Waals surface area contributed by atoms with Crippen molar-refractivity contribution < 1.29 is 9.53 Å². The highest BCUT2D eigenvalue weighted by molar-refractivity contribution is 6.09. The largest absolute Gasteiger partial charge is 0.493 e. The number of anilines is 1. The molecule has 0 aliphatic heterocycles. The van der Waals surface area contributed by atoms with Crippen molar-refractivity contribution in [3.05, 3.63) is 59.3 Å². The third-order valence-electron chi connectivity index (χ3n) is 3.18. The number of nitrogens with one attached hydrogen (secondary N) is 1. The molecule has 0 unspecified atom stereocenters. The van der Waals surface area contributed by atoms with Crippen LogP contribution in [0.1, 0.15) is 24.6 Å². The minimum Gasteiger partial charge on any atom is -0.493 e. The molecule has 0 aliphatic rings. The summed E-state index contributed by atoms with van der Waals surface area (Å²) < 4.78 is 5.65. The minimum atomic E-state index is -0.499. The molecular formula is C19H19N3O2. The fourth-order valence-corrected chi connectivity index (χ4v) is 2.04. The van der Waals surface area contributed by atoms with E-state index in [0.29, 0.717) is 23.7 Å². The van der Waals surface area contributed by atoms with Crippen LogP contribution in [0.2, 0.25) is 0 Å². The van der Waals surface area contributed by atoms with Gasteiger partial charge in [-0.1, -0.05) is 31.2 Å². The van der Waals surface area contributed by atoms with E-state index >= 15 is 0 Å². The maximum Gasteiger partial charge on any atom is 0.267 e. The highest BCUT2D eigenvalue weighted by Crippen LogP contribution is 2.21. The van der Waals surface area contributed by atoms with Crippen molar-refractivity contribution in [3.63, 3.8) is 0 Å². The lowest BCUT2D eigenvalue weighted by Crippen LogP contribution is -2.14. The van der Waals surface area contributed by atoms with Crippen LogP contribution in [-0.4, -0.2) is 17.5 Å². The fraction of sp³-hybridized carbons (Fsp3) is 0.211. The third kappa shape index (κ3) is 4.68. The summed E-state index contributed by atoms with van der Waals surface area (Å²) in [5.74, 6) is 0.561. The van der Waals surface area contributed by atoms with Gasteiger partial charge in [0.25, 0.3) is 5.91 Å². The first-order valence-corrected chi connectivity index (χ1v) is 7.72. The number of aryl methyl sites for hydroxylation is 1. The zero-order valence-corrected chi connectivity index (χ0v) is 13.7. The Balaban J connectivity index is 2.23. The molecule has 2 rings (SSSR count). The van der Waals surface area contributed by atoms with Gasteiger partial charge in [-0.15, -0.1) is 0 Å². The summed E-state index contributed by atoms with van der Waals surface area (Å²) in [5, 5.41) is 12.0. The van der Waals surface area contributed by atoms with Crippen LogP contribution in [0.15, 0.2) is 48.0 Å². The lowest BCUT2D eigenvalue weighted by atomic mass is 10.1. The SMILES string of the molecule is CCCOc1ccccc1C=C(C#N)C(=O)Nc1cccc(C)n1. The normalized spacial score (nSPS) is 10.8. The van der Waals surface area contributed by atoms with Gasteiger partial charge in [0.2, 0.25) is 0 Å². The standard InChI is InChI=1S/C19H19N3O2/c1-3-11-24-17-9-5-4-8-15(17)12-16(13-20)19(23)22-18-10-6-7-14(2)21-18/h4-10,12H,3,11H2,1-2H3,(H,21,22,23). The lowest BCUT2D eigenvalue weighted by molar-refractivity contribution is -0.112. The van der Waals surface area contributed by atoms with Gasteiger partial charge in [-0.3, -0.25) is 4.79 Å². The number of amides is 1. The van der Waals surface area contributed by atoms with Crippen LogP contribution in [-0.2, 0) is 4.79 Å². The Labute approximate surface area is 141 Å². The molecule has 0 spiro atoms. The molecule has 1 aromatic heterocycles. The Morgan fingerprint density at radius 1 is 1.29 bits per heavy atom. The van der Waals surface area contributed by atoms with E-state index in [1.807, 2.05) is 44.2 Å². The molecule has 122 valence electrons. The maximum atomic E-state index is 12.3. The number of carbonyl (C=O) groups excluding carboxylic acids is 1. The number of pyridine rings is 1. The molecule has 0 atom stereocenters. The highest BCUT2D eigenvalue weighted by atomic mass is 16.5. The monoisotopic (exact) mass is 321 g/mol. The molecule has 0 bridgehead atoms. The van der Waals surface area contributed by atoms with Crippen molar-refractivity contribution >= 4 is 17.8 Å². The van der Waals surface area contributed by atoms with E-state index in [9.17, 15) is 10.1 Å². The van der Waals surface area contributed by atoms with Gasteiger partial charge in [-0.05, 0) is 37.6 Å². The van der Waals surface area contributed by atoms with Crippen molar-refractivity contribution in [1.82, 2.24) is 4.98 Å². The average Bonchev–Trinajstić information content (AvgIpc) is 2.58. The van der Waals surface area contributed by atoms with Gasteiger partial charge in [-0.25, -0.2) is 4.98 Å². The Hall–Kier alpha value is -3.13. The van der Waals surface area contributed by atoms with Gasteiger partial charge in [0, 0.05) is 11.3 Å². The van der Waals surface area contributed by atoms with Gasteiger partial charge in [0.15, 0.2) is 0 Å². The van der Waals surface area contributed by atoms with Gasteiger partial charge in [0.05, 0.1) is 6.61 Å². The molecular weight excluding hydrogens is 302 g/mol. The second kappa shape index (κ2) is 8.49. The number of benzene rings is 1. The average molecular weight is 321 g/mol. The van der Waals surface area contributed by atoms with Crippen molar-refractivity contribution in [2.45, 2.75) is 20.3 Å². The van der Waals surface area contributed by atoms with Crippen LogP contribution < -0.4 is 10.1 Å². The number of rotatable bonds is 6. The number of ether oxygens (including phenoxy) is 1. The van der Waals surface area contributed by atoms with Crippen LogP contribution in [0, 0.1) is 18.3 Å². The fourth-order valence-electron chi connectivity index (χ4n) is 2.04. The molecule has 1 amide bonds. The van der Waals surface area contributed by atoms with E-state index in [4.69, 9.17) is 4.74 Å². The van der Waals surface area contributed by atoms with E-state index < -0.39 is 5.91 Å². The van der Waals surface area contributed by atoms with Crippen LogP contribution in [0.4, 0.5) is 5.82 Å². The summed E-state index contributed by atoms with van der Waals surface area (Å²) in [6, 6.07) is 14.5. The van der Waals surface area contributed by atoms with Gasteiger partial charge < -0.3 is 10.1 Å². The predicted octanol–water partition coefficient (Wildman–Crippen LogP) is 3.72. The Morgan fingerprint density at radius 3 is 2.79 bits per heavy atom. The molecule has 0 saturated carbocycles. The molecule has 0 aliphatic carbocycles. The summed E-state index contributed by atoms with van der Waals surface area (Å²) in [7, 11) is 0. The van der Waals surface area contributed by atoms with Gasteiger partial charge >= 0.3 is 0 Å². The Bertz CT molecular complexity index is 791. The first-order valence-electron chi connectivity index (χ1n) is 7.72. The number of aromatic nitrogens is 1. The van der Waals surface area contributed by atoms with Crippen molar-refractivity contribution in [2.75, 3.05) is 11.9 Å². The number of nitriles is 1. The molecule has 1 aromatic carbocycles. The van der Waals surface area contributed by atoms with Crippen molar-refractivity contribution in [2.24, 2.45) is 0 Å². The third-order valence-corrected chi connectivity index (χ3v) is 3.18. The van der Waals surface area contributed by atoms with Crippen LogP contribution in [0.25, 0.3) is 6.08 Å². The van der Waals surface area contributed by atoms with Gasteiger partial charge in [0.1, 0.15) is 23.2 Å². The Kier molecular flexibility index (Phi) is 6.09. The predicted molar refractivity (Wildman–Crippen MR) is 93.4 cm³/mol. The van der Waals surface area contributed by atoms with Crippen molar-refractivity contribution in [1.29, 1.82) is 5.26 Å². The maximum absolute atomic E-state index is 12.3. The molecule has 0 fully saturated rings. The van der Waals surface area contributed by atoms with Gasteiger partial charge in [-0.2, -0.15) is 5.26 Å². The highest BCUT2D eigenvalue weighted by Gasteiger charge is 2.11. The lowest BCUT2D eigenvalue weighted by Gasteiger charge is -2.08. The number of hydrogen-bond donors (Lipinski definition) is 1. The molecule has 0 radical (unpaired) electrons. The smallest absolute Gasteiger partial charge is 0.267 e. The topological polar surface area (TPSA) is 75.0 Å². The summed E-state index contributed by atoms with van der Waals surface area (Å²) in [6.45, 7) is 4.42. The van der Waals surface area contributed by atoms with Crippen LogP contribution in [0.3, 0.4) is 0 Å². The van der Waals surface area contributed by atoms with E-state index in [0.717, 1.165) is 12.1 Å². The molecule has 1 heterocycles. The molecule has 5 heteroatoms. The molecule has 24 heavy (non-hydrogen) atoms. The minimum absolute atomic E-state index is 0.00847. The summed E-state index contributed by atoms with van der Waals surface area (Å²) in [4.78, 5) is 16.5. The van der Waals surface area contributed by atoms with Crippen LogP contribution >= 0.6 is 0 Å². The zero-order valence-electron chi connectivity index (χ0n) is 13.7. The molecule has 1 N–H and O–H groups in total. The number of para-hydroxylation sites is 1. The molecule has 5 nitrogen and oxygen atoms in total. The molecule has 0 saturated heterocycles. The molecule has 2 aromatic rings. The quantitative estimate of drug-likeness (QED) is 0.650. The first kappa shape index (κ1) is 17.2. The van der Waals surface area contributed by atoms with E-state index in [1.54, 1.807) is 18.2 Å².